The zero-order valence-electron chi connectivity index (χ0n) is 17.7. The van der Waals surface area contributed by atoms with Crippen LogP contribution in [-0.2, 0) is 19.6 Å². The molecule has 1 N–H and O–H groups in total. The molecule has 0 aliphatic rings. The summed E-state index contributed by atoms with van der Waals surface area (Å²) in [5.74, 6) is -1.30. The van der Waals surface area contributed by atoms with E-state index in [4.69, 9.17) is 23.2 Å². The second-order valence-corrected chi connectivity index (χ2v) is 9.70. The van der Waals surface area contributed by atoms with Crippen LogP contribution in [0.25, 0.3) is 0 Å². The third kappa shape index (κ3) is 5.65. The zero-order chi connectivity index (χ0) is 24.2. The van der Waals surface area contributed by atoms with E-state index in [9.17, 15) is 18.0 Å². The van der Waals surface area contributed by atoms with Crippen LogP contribution in [0.4, 0.5) is 11.4 Å². The number of carbonyl (C=O) groups is 2. The second-order valence-electron chi connectivity index (χ2n) is 6.99. The number of halogens is 2. The molecule has 10 heteroatoms. The summed E-state index contributed by atoms with van der Waals surface area (Å²) < 4.78 is 32.5. The van der Waals surface area contributed by atoms with Crippen LogP contribution in [0.15, 0.2) is 71.6 Å². The Hall–Kier alpha value is -3.07. The minimum absolute atomic E-state index is 0.0247. The fourth-order valence-corrected chi connectivity index (χ4v) is 4.93. The summed E-state index contributed by atoms with van der Waals surface area (Å²) in [6, 6.07) is 16.9. The van der Waals surface area contributed by atoms with Crippen LogP contribution >= 0.6 is 23.2 Å². The van der Waals surface area contributed by atoms with Crippen molar-refractivity contribution in [2.24, 2.45) is 0 Å². The molecule has 0 atom stereocenters. The highest BCUT2D eigenvalue weighted by Gasteiger charge is 2.28. The van der Waals surface area contributed by atoms with E-state index >= 15 is 0 Å². The van der Waals surface area contributed by atoms with Crippen molar-refractivity contribution in [3.8, 4) is 0 Å². The van der Waals surface area contributed by atoms with Crippen molar-refractivity contribution in [2.75, 3.05) is 23.3 Å². The number of carbonyl (C=O) groups excluding carboxylic acids is 2. The number of hydrogen-bond donors (Lipinski definition) is 1. The fraction of sp³-hybridized carbons (Fsp3) is 0.130. The monoisotopic (exact) mass is 506 g/mol. The number of ether oxygens (including phenoxy) is 1. The van der Waals surface area contributed by atoms with Gasteiger partial charge in [0, 0.05) is 10.7 Å². The van der Waals surface area contributed by atoms with Gasteiger partial charge in [-0.2, -0.15) is 0 Å². The topological polar surface area (TPSA) is 92.8 Å². The average Bonchev–Trinajstić information content (AvgIpc) is 2.80. The molecule has 3 aromatic carbocycles. The minimum atomic E-state index is -4.09. The first-order valence-corrected chi connectivity index (χ1v) is 11.8. The largest absolute Gasteiger partial charge is 0.465 e. The standard InChI is InChI=1S/C23H20Cl2N2O5S/c1-15-8-9-16(24)12-21(15)27(33(30,31)18-6-4-3-5-7-18)14-22(28)26-17-10-11-20(25)19(13-17)23(29)32-2/h3-13H,14H2,1-2H3,(H,26,28). The molecule has 1 amide bonds. The van der Waals surface area contributed by atoms with Crippen LogP contribution < -0.4 is 9.62 Å². The van der Waals surface area contributed by atoms with Gasteiger partial charge in [0.05, 0.1) is 28.3 Å². The van der Waals surface area contributed by atoms with Gasteiger partial charge in [-0.3, -0.25) is 9.10 Å². The number of hydrogen-bond acceptors (Lipinski definition) is 5. The molecule has 0 saturated carbocycles. The lowest BCUT2D eigenvalue weighted by molar-refractivity contribution is -0.114. The molecule has 0 heterocycles. The van der Waals surface area contributed by atoms with E-state index in [2.05, 4.69) is 10.1 Å². The molecular formula is C23H20Cl2N2O5S. The Bertz CT molecular complexity index is 1300. The van der Waals surface area contributed by atoms with Crippen molar-refractivity contribution < 1.29 is 22.7 Å². The number of nitrogens with zero attached hydrogens (tertiary/aromatic N) is 1. The van der Waals surface area contributed by atoms with E-state index in [1.165, 1.54) is 43.5 Å². The van der Waals surface area contributed by atoms with E-state index in [0.29, 0.717) is 10.6 Å². The molecule has 0 unspecified atom stereocenters. The number of rotatable bonds is 7. The van der Waals surface area contributed by atoms with E-state index in [-0.39, 0.29) is 26.9 Å². The zero-order valence-corrected chi connectivity index (χ0v) is 20.0. The number of nitrogens with one attached hydrogen (secondary N) is 1. The Kier molecular flexibility index (Phi) is 7.63. The fourth-order valence-electron chi connectivity index (χ4n) is 3.07. The number of aryl methyl sites for hydroxylation is 1. The molecule has 0 bridgehead atoms. The van der Waals surface area contributed by atoms with Gasteiger partial charge in [0.25, 0.3) is 10.0 Å². The van der Waals surface area contributed by atoms with Gasteiger partial charge in [-0.15, -0.1) is 0 Å². The lowest BCUT2D eigenvalue weighted by Crippen LogP contribution is -2.38. The van der Waals surface area contributed by atoms with Gasteiger partial charge in [0.1, 0.15) is 6.54 Å². The van der Waals surface area contributed by atoms with Crippen LogP contribution in [0.3, 0.4) is 0 Å². The van der Waals surface area contributed by atoms with Crippen LogP contribution in [-0.4, -0.2) is 33.9 Å². The Labute approximate surface area is 201 Å². The van der Waals surface area contributed by atoms with Gasteiger partial charge in [-0.1, -0.05) is 47.5 Å². The number of anilines is 2. The van der Waals surface area contributed by atoms with Gasteiger partial charge >= 0.3 is 5.97 Å². The Morgan fingerprint density at radius 2 is 1.70 bits per heavy atom. The van der Waals surface area contributed by atoms with Gasteiger partial charge in [-0.05, 0) is 55.0 Å². The molecule has 0 aliphatic carbocycles. The summed E-state index contributed by atoms with van der Waals surface area (Å²) in [5, 5.41) is 3.08. The van der Waals surface area contributed by atoms with Crippen molar-refractivity contribution in [2.45, 2.75) is 11.8 Å². The summed E-state index contributed by atoms with van der Waals surface area (Å²) in [4.78, 5) is 24.8. The van der Waals surface area contributed by atoms with Crippen molar-refractivity contribution in [3.05, 3.63) is 87.9 Å². The highest BCUT2D eigenvalue weighted by molar-refractivity contribution is 7.92. The third-order valence-electron chi connectivity index (χ3n) is 4.71. The smallest absolute Gasteiger partial charge is 0.339 e. The van der Waals surface area contributed by atoms with Gasteiger partial charge < -0.3 is 10.1 Å². The molecule has 0 radical (unpaired) electrons. The number of benzene rings is 3. The van der Waals surface area contributed by atoms with Crippen molar-refractivity contribution in [3.63, 3.8) is 0 Å². The molecular weight excluding hydrogens is 487 g/mol. The maximum atomic E-state index is 13.4. The quantitative estimate of drug-likeness (QED) is 0.459. The Balaban J connectivity index is 1.97. The maximum Gasteiger partial charge on any atom is 0.339 e. The molecule has 33 heavy (non-hydrogen) atoms. The number of amides is 1. The predicted molar refractivity (Wildman–Crippen MR) is 129 cm³/mol. The number of esters is 1. The molecule has 7 nitrogen and oxygen atoms in total. The molecule has 0 saturated heterocycles. The van der Waals surface area contributed by atoms with Gasteiger partial charge in [0.15, 0.2) is 0 Å². The minimum Gasteiger partial charge on any atom is -0.465 e. The summed E-state index contributed by atoms with van der Waals surface area (Å²) in [6.07, 6.45) is 0. The van der Waals surface area contributed by atoms with Crippen LogP contribution in [0.5, 0.6) is 0 Å². The first-order valence-electron chi connectivity index (χ1n) is 9.65. The van der Waals surface area contributed by atoms with Crippen LogP contribution in [0.2, 0.25) is 10.0 Å². The first-order chi connectivity index (χ1) is 15.6. The van der Waals surface area contributed by atoms with E-state index < -0.39 is 28.4 Å². The summed E-state index contributed by atoms with van der Waals surface area (Å²) >= 11 is 12.1. The van der Waals surface area contributed by atoms with E-state index in [1.807, 2.05) is 0 Å². The van der Waals surface area contributed by atoms with Gasteiger partial charge in [-0.25, -0.2) is 13.2 Å². The van der Waals surface area contributed by atoms with E-state index in [1.54, 1.807) is 37.3 Å². The van der Waals surface area contributed by atoms with Crippen molar-refractivity contribution in [1.82, 2.24) is 0 Å². The molecule has 3 aromatic rings. The summed E-state index contributed by atoms with van der Waals surface area (Å²) in [6.45, 7) is 1.19. The van der Waals surface area contributed by atoms with E-state index in [0.717, 1.165) is 4.31 Å². The Morgan fingerprint density at radius 3 is 2.36 bits per heavy atom. The van der Waals surface area contributed by atoms with Gasteiger partial charge in [0.2, 0.25) is 5.91 Å². The molecule has 172 valence electrons. The highest BCUT2D eigenvalue weighted by Crippen LogP contribution is 2.29. The van der Waals surface area contributed by atoms with Crippen molar-refractivity contribution >= 4 is 56.5 Å². The van der Waals surface area contributed by atoms with Crippen molar-refractivity contribution in [1.29, 1.82) is 0 Å². The highest BCUT2D eigenvalue weighted by atomic mass is 35.5. The predicted octanol–water partition coefficient (Wildman–Crippen LogP) is 4.92. The van der Waals surface area contributed by atoms with Crippen LogP contribution in [0.1, 0.15) is 15.9 Å². The number of sulfonamides is 1. The maximum absolute atomic E-state index is 13.4. The average molecular weight is 507 g/mol. The molecule has 0 aromatic heterocycles. The van der Waals surface area contributed by atoms with Crippen LogP contribution in [0, 0.1) is 6.92 Å². The lowest BCUT2D eigenvalue weighted by atomic mass is 10.2. The molecule has 0 spiro atoms. The lowest BCUT2D eigenvalue weighted by Gasteiger charge is -2.26. The second kappa shape index (κ2) is 10.2. The SMILES string of the molecule is COC(=O)c1cc(NC(=O)CN(c2cc(Cl)ccc2C)S(=O)(=O)c2ccccc2)ccc1Cl. The Morgan fingerprint density at radius 1 is 1.00 bits per heavy atom. The molecule has 0 fully saturated rings. The summed E-state index contributed by atoms with van der Waals surface area (Å²) in [7, 11) is -2.88. The molecule has 3 rings (SSSR count). The third-order valence-corrected chi connectivity index (χ3v) is 7.05. The molecule has 0 aliphatic heterocycles. The first kappa shape index (κ1) is 24.6. The number of methoxy groups -OCH3 is 1. The summed E-state index contributed by atoms with van der Waals surface area (Å²) in [5.41, 5.74) is 1.21. The normalized spacial score (nSPS) is 11.0.